The van der Waals surface area contributed by atoms with E-state index in [2.05, 4.69) is 20.6 Å². The highest BCUT2D eigenvalue weighted by atomic mass is 32.1. The van der Waals surface area contributed by atoms with E-state index < -0.39 is 12.0 Å². The number of carbonyl (C=O) groups excluding carboxylic acids is 1. The van der Waals surface area contributed by atoms with Gasteiger partial charge in [0.1, 0.15) is 0 Å². The normalized spacial score (nSPS) is 10.0. The van der Waals surface area contributed by atoms with Gasteiger partial charge in [-0.25, -0.2) is 14.6 Å². The highest BCUT2D eigenvalue weighted by Crippen LogP contribution is 2.11. The summed E-state index contributed by atoms with van der Waals surface area (Å²) in [4.78, 5) is 39.5. The summed E-state index contributed by atoms with van der Waals surface area (Å²) in [6.45, 7) is 0.132. The molecule has 2 aromatic heterocycles. The van der Waals surface area contributed by atoms with Crippen LogP contribution in [0.5, 0.6) is 0 Å². The van der Waals surface area contributed by atoms with Crippen molar-refractivity contribution < 1.29 is 14.7 Å². The minimum Gasteiger partial charge on any atom is -0.476 e. The quantitative estimate of drug-likeness (QED) is 0.665. The zero-order valence-corrected chi connectivity index (χ0v) is 10.9. The van der Waals surface area contributed by atoms with Crippen LogP contribution in [0.3, 0.4) is 0 Å². The lowest BCUT2D eigenvalue weighted by atomic mass is 10.3. The lowest BCUT2D eigenvalue weighted by molar-refractivity contribution is 0.0692. The second-order valence-electron chi connectivity index (χ2n) is 3.69. The Labute approximate surface area is 116 Å². The van der Waals surface area contributed by atoms with Gasteiger partial charge in [0.2, 0.25) is 0 Å². The second kappa shape index (κ2) is 5.97. The number of aromatic nitrogens is 2. The number of pyridine rings is 1. The van der Waals surface area contributed by atoms with Gasteiger partial charge < -0.3 is 20.7 Å². The lowest BCUT2D eigenvalue weighted by Gasteiger charge is -2.08. The van der Waals surface area contributed by atoms with E-state index in [4.69, 9.17) is 5.11 Å². The molecule has 4 N–H and O–H groups in total. The smallest absolute Gasteiger partial charge is 0.356 e. The number of H-pyrrole nitrogens is 1. The summed E-state index contributed by atoms with van der Waals surface area (Å²) in [5, 5.41) is 15.4. The average Bonchev–Trinajstić information content (AvgIpc) is 2.83. The third-order valence-electron chi connectivity index (χ3n) is 2.27. The fourth-order valence-electron chi connectivity index (χ4n) is 1.42. The first kappa shape index (κ1) is 13.7. The predicted molar refractivity (Wildman–Crippen MR) is 72.0 cm³/mol. The molecule has 0 unspecified atom stereocenters. The van der Waals surface area contributed by atoms with E-state index in [1.807, 2.05) is 0 Å². The zero-order valence-electron chi connectivity index (χ0n) is 10.0. The van der Waals surface area contributed by atoms with Crippen molar-refractivity contribution in [3.05, 3.63) is 44.8 Å². The molecule has 0 aromatic carbocycles. The predicted octanol–water partition coefficient (Wildman–Crippen LogP) is 0.851. The van der Waals surface area contributed by atoms with Gasteiger partial charge in [0.05, 0.1) is 12.2 Å². The number of aromatic amines is 1. The molecule has 0 spiro atoms. The molecule has 2 rings (SSSR count). The number of anilines is 1. The molecule has 0 saturated carbocycles. The summed E-state index contributed by atoms with van der Waals surface area (Å²) in [5.41, 5.74) is 0.419. The van der Waals surface area contributed by atoms with Gasteiger partial charge in [0.25, 0.3) is 0 Å². The van der Waals surface area contributed by atoms with E-state index in [9.17, 15) is 14.4 Å². The summed E-state index contributed by atoms with van der Waals surface area (Å²) in [7, 11) is 0. The monoisotopic (exact) mass is 294 g/mol. The van der Waals surface area contributed by atoms with Crippen LogP contribution in [0.2, 0.25) is 0 Å². The van der Waals surface area contributed by atoms with Gasteiger partial charge in [-0.3, -0.25) is 4.79 Å². The molecule has 0 bridgehead atoms. The highest BCUT2D eigenvalue weighted by Gasteiger charge is 2.13. The lowest BCUT2D eigenvalue weighted by Crippen LogP contribution is -2.29. The number of aromatic carboxylic acids is 1. The Balaban J connectivity index is 1.98. The molecular weight excluding hydrogens is 284 g/mol. The van der Waals surface area contributed by atoms with Crippen molar-refractivity contribution in [2.24, 2.45) is 0 Å². The van der Waals surface area contributed by atoms with E-state index >= 15 is 0 Å². The van der Waals surface area contributed by atoms with Crippen LogP contribution in [-0.2, 0) is 6.54 Å². The van der Waals surface area contributed by atoms with Crippen LogP contribution in [-0.4, -0.2) is 27.1 Å². The number of carbonyl (C=O) groups is 2. The Morgan fingerprint density at radius 2 is 2.25 bits per heavy atom. The van der Waals surface area contributed by atoms with Crippen molar-refractivity contribution in [2.75, 3.05) is 5.32 Å². The Bertz CT molecular complexity index is 693. The van der Waals surface area contributed by atoms with E-state index in [-0.39, 0.29) is 22.8 Å². The Morgan fingerprint density at radius 1 is 1.45 bits per heavy atom. The average molecular weight is 294 g/mol. The van der Waals surface area contributed by atoms with Gasteiger partial charge in [-0.2, -0.15) is 0 Å². The third kappa shape index (κ3) is 3.42. The first-order valence-corrected chi connectivity index (χ1v) is 6.34. The topological polar surface area (TPSA) is 124 Å². The van der Waals surface area contributed by atoms with Crippen molar-refractivity contribution in [3.8, 4) is 0 Å². The first-order valence-electron chi connectivity index (χ1n) is 5.46. The van der Waals surface area contributed by atoms with E-state index in [1.165, 1.54) is 18.3 Å². The Morgan fingerprint density at radius 3 is 2.90 bits per heavy atom. The molecule has 104 valence electrons. The molecule has 0 aliphatic rings. The number of carboxylic acid groups (broad SMARTS) is 1. The van der Waals surface area contributed by atoms with Crippen LogP contribution in [0.15, 0.2) is 28.5 Å². The number of hydrogen-bond acceptors (Lipinski definition) is 5. The summed E-state index contributed by atoms with van der Waals surface area (Å²) in [5.74, 6) is -1.23. The Hall–Kier alpha value is -2.68. The highest BCUT2D eigenvalue weighted by molar-refractivity contribution is 7.07. The van der Waals surface area contributed by atoms with Gasteiger partial charge in [0.15, 0.2) is 5.69 Å². The van der Waals surface area contributed by atoms with Crippen molar-refractivity contribution in [3.63, 3.8) is 0 Å². The van der Waals surface area contributed by atoms with Crippen LogP contribution >= 0.6 is 11.3 Å². The molecule has 0 fully saturated rings. The molecule has 0 aliphatic heterocycles. The first-order chi connectivity index (χ1) is 9.56. The maximum absolute atomic E-state index is 11.6. The van der Waals surface area contributed by atoms with Gasteiger partial charge in [0, 0.05) is 17.3 Å². The molecule has 2 aromatic rings. The van der Waals surface area contributed by atoms with Gasteiger partial charge in [-0.05, 0) is 12.1 Å². The number of thiazole rings is 1. The van der Waals surface area contributed by atoms with Crippen LogP contribution in [0.25, 0.3) is 0 Å². The number of nitrogens with one attached hydrogen (secondary N) is 3. The van der Waals surface area contributed by atoms with Gasteiger partial charge >= 0.3 is 16.9 Å². The van der Waals surface area contributed by atoms with Crippen molar-refractivity contribution >= 4 is 29.0 Å². The van der Waals surface area contributed by atoms with Crippen LogP contribution in [0.4, 0.5) is 10.5 Å². The summed E-state index contributed by atoms with van der Waals surface area (Å²) < 4.78 is 0. The number of urea groups is 1. The molecule has 0 aliphatic carbocycles. The molecule has 0 radical (unpaired) electrons. The largest absolute Gasteiger partial charge is 0.476 e. The molecule has 0 atom stereocenters. The fourth-order valence-corrected chi connectivity index (χ4v) is 2.00. The maximum Gasteiger partial charge on any atom is 0.356 e. The molecular formula is C11H10N4O4S. The van der Waals surface area contributed by atoms with Crippen molar-refractivity contribution in [1.29, 1.82) is 0 Å². The SMILES string of the molecule is O=C(NCc1csc(=O)[nH]1)Nc1cccnc1C(=O)O. The van der Waals surface area contributed by atoms with Gasteiger partial charge in [-0.1, -0.05) is 11.3 Å². The summed E-state index contributed by atoms with van der Waals surface area (Å²) >= 11 is 0.996. The van der Waals surface area contributed by atoms with Crippen molar-refractivity contribution in [2.45, 2.75) is 6.54 Å². The number of carboxylic acids is 1. The number of rotatable bonds is 4. The molecule has 2 amide bonds. The van der Waals surface area contributed by atoms with E-state index in [1.54, 1.807) is 5.38 Å². The number of amides is 2. The minimum absolute atomic E-state index is 0.0938. The molecule has 0 saturated heterocycles. The van der Waals surface area contributed by atoms with E-state index in [0.717, 1.165) is 11.3 Å². The standard InChI is InChI=1S/C11H10N4O4S/c16-9(17)8-7(2-1-3-12-8)15-10(18)13-4-6-5-20-11(19)14-6/h1-3,5H,4H2,(H,14,19)(H,16,17)(H2,13,15,18). The third-order valence-corrected chi connectivity index (χ3v) is 2.99. The molecule has 8 nitrogen and oxygen atoms in total. The molecule has 2 heterocycles. The van der Waals surface area contributed by atoms with Crippen LogP contribution in [0, 0.1) is 0 Å². The summed E-state index contributed by atoms with van der Waals surface area (Å²) in [6.07, 6.45) is 1.32. The van der Waals surface area contributed by atoms with Gasteiger partial charge in [-0.15, -0.1) is 0 Å². The maximum atomic E-state index is 11.6. The van der Waals surface area contributed by atoms with E-state index in [0.29, 0.717) is 5.69 Å². The summed E-state index contributed by atoms with van der Waals surface area (Å²) in [6, 6.07) is 2.36. The molecule has 9 heteroatoms. The van der Waals surface area contributed by atoms with Crippen LogP contribution < -0.4 is 15.5 Å². The zero-order chi connectivity index (χ0) is 14.5. The second-order valence-corrected chi connectivity index (χ2v) is 4.53. The minimum atomic E-state index is -1.23. The molecule has 20 heavy (non-hydrogen) atoms. The fraction of sp³-hybridized carbons (Fsp3) is 0.0909. The number of nitrogens with zero attached hydrogens (tertiary/aromatic N) is 1. The Kier molecular flexibility index (Phi) is 4.11. The van der Waals surface area contributed by atoms with Crippen molar-refractivity contribution in [1.82, 2.24) is 15.3 Å². The number of hydrogen-bond donors (Lipinski definition) is 4. The van der Waals surface area contributed by atoms with Crippen LogP contribution in [0.1, 0.15) is 16.2 Å².